The number of para-hydroxylation sites is 1. The van der Waals surface area contributed by atoms with Crippen LogP contribution in [0.25, 0.3) is 21.9 Å². The Morgan fingerprint density at radius 2 is 1.12 bits per heavy atom. The standard InChI is InChI=1S/C33H25N3O4/c37-32(39-21-24-14-6-2-7-15-24)29-30-28(34-31(35-29)33(38)40-22-25-16-8-3-9-17-25)26-18-10-11-19-27(26)36(30)20-23-12-4-1-5-13-23/h1-19H,20-22H2. The van der Waals surface area contributed by atoms with Crippen molar-refractivity contribution in [3.8, 4) is 0 Å². The van der Waals surface area contributed by atoms with Gasteiger partial charge in [-0.25, -0.2) is 19.6 Å². The van der Waals surface area contributed by atoms with E-state index in [2.05, 4.69) is 9.97 Å². The average molecular weight is 528 g/mol. The minimum absolute atomic E-state index is 0.0136. The van der Waals surface area contributed by atoms with Crippen LogP contribution >= 0.6 is 0 Å². The molecule has 2 heterocycles. The highest BCUT2D eigenvalue weighted by atomic mass is 16.5. The second-order valence-electron chi connectivity index (χ2n) is 9.31. The van der Waals surface area contributed by atoms with Crippen molar-refractivity contribution in [3.05, 3.63) is 143 Å². The van der Waals surface area contributed by atoms with Gasteiger partial charge in [0.2, 0.25) is 5.82 Å². The Morgan fingerprint density at radius 1 is 0.600 bits per heavy atom. The Labute approximate surface area is 230 Å². The zero-order chi connectivity index (χ0) is 27.3. The maximum Gasteiger partial charge on any atom is 0.376 e. The van der Waals surface area contributed by atoms with Crippen molar-refractivity contribution in [1.29, 1.82) is 0 Å². The zero-order valence-electron chi connectivity index (χ0n) is 21.6. The van der Waals surface area contributed by atoms with Crippen LogP contribution in [0, 0.1) is 0 Å². The molecule has 2 aromatic heterocycles. The van der Waals surface area contributed by atoms with Gasteiger partial charge in [0.25, 0.3) is 0 Å². The number of ether oxygens (including phenoxy) is 2. The number of benzene rings is 4. The van der Waals surface area contributed by atoms with Gasteiger partial charge in [0, 0.05) is 11.9 Å². The fourth-order valence-electron chi connectivity index (χ4n) is 4.67. The summed E-state index contributed by atoms with van der Waals surface area (Å²) in [7, 11) is 0. The molecule has 7 nitrogen and oxygen atoms in total. The van der Waals surface area contributed by atoms with Crippen LogP contribution in [0.4, 0.5) is 0 Å². The third-order valence-corrected chi connectivity index (χ3v) is 6.59. The summed E-state index contributed by atoms with van der Waals surface area (Å²) < 4.78 is 13.2. The molecule has 6 aromatic rings. The molecule has 40 heavy (non-hydrogen) atoms. The summed E-state index contributed by atoms with van der Waals surface area (Å²) in [6, 6.07) is 36.4. The van der Waals surface area contributed by atoms with Gasteiger partial charge < -0.3 is 14.0 Å². The number of carbonyl (C=O) groups is 2. The molecule has 0 spiro atoms. The molecule has 0 aliphatic rings. The molecule has 6 rings (SSSR count). The molecule has 0 radical (unpaired) electrons. The van der Waals surface area contributed by atoms with Crippen molar-refractivity contribution >= 4 is 33.9 Å². The summed E-state index contributed by atoms with van der Waals surface area (Å²) in [6.45, 7) is 0.605. The van der Waals surface area contributed by atoms with Gasteiger partial charge in [0.1, 0.15) is 24.2 Å². The second-order valence-corrected chi connectivity index (χ2v) is 9.31. The normalized spacial score (nSPS) is 11.0. The first kappa shape index (κ1) is 25.0. The first-order chi connectivity index (χ1) is 19.7. The minimum atomic E-state index is -0.720. The number of hydrogen-bond donors (Lipinski definition) is 0. The Hall–Kier alpha value is -5.30. The summed E-state index contributed by atoms with van der Waals surface area (Å²) in [5.74, 6) is -1.56. The molecule has 0 saturated carbocycles. The van der Waals surface area contributed by atoms with E-state index < -0.39 is 11.9 Å². The fourth-order valence-corrected chi connectivity index (χ4v) is 4.67. The molecule has 0 atom stereocenters. The van der Waals surface area contributed by atoms with E-state index in [1.54, 1.807) is 0 Å². The number of carbonyl (C=O) groups excluding carboxylic acids is 2. The number of hydrogen-bond acceptors (Lipinski definition) is 6. The number of aromatic nitrogens is 3. The van der Waals surface area contributed by atoms with Crippen LogP contribution in [0.15, 0.2) is 115 Å². The predicted octanol–water partition coefficient (Wildman–Crippen LogP) is 6.35. The maximum atomic E-state index is 13.6. The molecule has 0 N–H and O–H groups in total. The van der Waals surface area contributed by atoms with Gasteiger partial charge in [0.05, 0.1) is 5.52 Å². The number of esters is 2. The van der Waals surface area contributed by atoms with E-state index in [-0.39, 0.29) is 24.7 Å². The zero-order valence-corrected chi connectivity index (χ0v) is 21.6. The average Bonchev–Trinajstić information content (AvgIpc) is 3.33. The second kappa shape index (κ2) is 11.2. The fraction of sp³-hybridized carbons (Fsp3) is 0.0909. The van der Waals surface area contributed by atoms with E-state index in [4.69, 9.17) is 9.47 Å². The van der Waals surface area contributed by atoms with Crippen LogP contribution in [0.2, 0.25) is 0 Å². The number of rotatable bonds is 8. The highest BCUT2D eigenvalue weighted by Gasteiger charge is 2.26. The van der Waals surface area contributed by atoms with E-state index in [9.17, 15) is 9.59 Å². The van der Waals surface area contributed by atoms with Gasteiger partial charge in [-0.15, -0.1) is 0 Å². The Balaban J connectivity index is 1.45. The van der Waals surface area contributed by atoms with Gasteiger partial charge >= 0.3 is 11.9 Å². The van der Waals surface area contributed by atoms with E-state index in [0.717, 1.165) is 27.6 Å². The van der Waals surface area contributed by atoms with Crippen molar-refractivity contribution in [1.82, 2.24) is 14.5 Å². The van der Waals surface area contributed by atoms with Crippen LogP contribution in [0.1, 0.15) is 37.8 Å². The smallest absolute Gasteiger partial charge is 0.376 e. The summed E-state index contributed by atoms with van der Waals surface area (Å²) >= 11 is 0. The summed E-state index contributed by atoms with van der Waals surface area (Å²) in [6.07, 6.45) is 0. The molecule has 0 fully saturated rings. The summed E-state index contributed by atoms with van der Waals surface area (Å²) in [5, 5.41) is 0.796. The lowest BCUT2D eigenvalue weighted by Crippen LogP contribution is -2.17. The summed E-state index contributed by atoms with van der Waals surface area (Å²) in [4.78, 5) is 35.8. The van der Waals surface area contributed by atoms with Crippen molar-refractivity contribution in [2.75, 3.05) is 0 Å². The maximum absolute atomic E-state index is 13.6. The number of fused-ring (bicyclic) bond motifs is 3. The lowest BCUT2D eigenvalue weighted by atomic mass is 10.2. The van der Waals surface area contributed by atoms with Crippen molar-refractivity contribution < 1.29 is 19.1 Å². The molecule has 4 aromatic carbocycles. The molecule has 0 bridgehead atoms. The highest BCUT2D eigenvalue weighted by Crippen LogP contribution is 2.31. The predicted molar refractivity (Wildman–Crippen MR) is 152 cm³/mol. The van der Waals surface area contributed by atoms with E-state index in [1.807, 2.05) is 120 Å². The molecule has 0 aliphatic heterocycles. The van der Waals surface area contributed by atoms with Crippen LogP contribution in [-0.2, 0) is 29.2 Å². The third-order valence-electron chi connectivity index (χ3n) is 6.59. The van der Waals surface area contributed by atoms with E-state index >= 15 is 0 Å². The van der Waals surface area contributed by atoms with Crippen molar-refractivity contribution in [3.63, 3.8) is 0 Å². The Kier molecular flexibility index (Phi) is 7.01. The van der Waals surface area contributed by atoms with Crippen molar-refractivity contribution in [2.45, 2.75) is 19.8 Å². The molecule has 0 saturated heterocycles. The SMILES string of the molecule is O=C(OCc1ccccc1)c1nc(C(=O)OCc2ccccc2)c2c(n1)c1ccccc1n2Cc1ccccc1. The van der Waals surface area contributed by atoms with Crippen LogP contribution in [-0.4, -0.2) is 26.5 Å². The molecule has 0 aliphatic carbocycles. The molecule has 7 heteroatoms. The van der Waals surface area contributed by atoms with Gasteiger partial charge in [-0.2, -0.15) is 0 Å². The van der Waals surface area contributed by atoms with Gasteiger partial charge in [-0.3, -0.25) is 0 Å². The third kappa shape index (κ3) is 5.17. The number of nitrogens with zero attached hydrogens (tertiary/aromatic N) is 3. The minimum Gasteiger partial charge on any atom is -0.456 e. The van der Waals surface area contributed by atoms with Gasteiger partial charge in [-0.05, 0) is 22.8 Å². The summed E-state index contributed by atoms with van der Waals surface area (Å²) in [5.41, 5.74) is 4.58. The van der Waals surface area contributed by atoms with Gasteiger partial charge in [-0.1, -0.05) is 109 Å². The first-order valence-corrected chi connectivity index (χ1v) is 12.9. The monoisotopic (exact) mass is 527 g/mol. The Morgan fingerprint density at radius 3 is 1.75 bits per heavy atom. The van der Waals surface area contributed by atoms with E-state index in [0.29, 0.717) is 17.6 Å². The highest BCUT2D eigenvalue weighted by molar-refractivity contribution is 6.12. The topological polar surface area (TPSA) is 83.3 Å². The molecule has 0 amide bonds. The molecular formula is C33H25N3O4. The quantitative estimate of drug-likeness (QED) is 0.215. The lowest BCUT2D eigenvalue weighted by molar-refractivity contribution is 0.0452. The van der Waals surface area contributed by atoms with Crippen LogP contribution in [0.3, 0.4) is 0 Å². The Bertz CT molecular complexity index is 1800. The van der Waals surface area contributed by atoms with Gasteiger partial charge in [0.15, 0.2) is 5.69 Å². The molecule has 0 unspecified atom stereocenters. The lowest BCUT2D eigenvalue weighted by Gasteiger charge is -2.12. The molecule has 196 valence electrons. The van der Waals surface area contributed by atoms with Crippen LogP contribution in [0.5, 0.6) is 0 Å². The molecular weight excluding hydrogens is 502 g/mol. The largest absolute Gasteiger partial charge is 0.456 e. The first-order valence-electron chi connectivity index (χ1n) is 12.9. The van der Waals surface area contributed by atoms with Crippen molar-refractivity contribution in [2.24, 2.45) is 0 Å². The van der Waals surface area contributed by atoms with Crippen LogP contribution < -0.4 is 0 Å². The van der Waals surface area contributed by atoms with E-state index in [1.165, 1.54) is 0 Å².